The molecule has 2 aliphatic heterocycles. The average Bonchev–Trinajstić information content (AvgIpc) is 2.57. The number of aliphatic hydroxyl groups excluding tert-OH is 1. The predicted molar refractivity (Wildman–Crippen MR) is 83.6 cm³/mol. The van der Waals surface area contributed by atoms with E-state index < -0.39 is 47.8 Å². The van der Waals surface area contributed by atoms with Crippen molar-refractivity contribution in [3.8, 4) is 0 Å². The molecule has 12 heteroatoms. The molecule has 0 bridgehead atoms. The van der Waals surface area contributed by atoms with Gasteiger partial charge in [-0.1, -0.05) is 0 Å². The van der Waals surface area contributed by atoms with E-state index in [4.69, 9.17) is 10.8 Å². The van der Waals surface area contributed by atoms with Gasteiger partial charge < -0.3 is 31.2 Å². The van der Waals surface area contributed by atoms with E-state index in [0.717, 1.165) is 4.90 Å². The number of hydrogen-bond donors (Lipinski definition) is 4. The van der Waals surface area contributed by atoms with Crippen molar-refractivity contribution in [3.05, 3.63) is 11.3 Å². The monoisotopic (exact) mass is 395 g/mol. The van der Waals surface area contributed by atoms with Gasteiger partial charge in [0, 0.05) is 12.2 Å². The summed E-state index contributed by atoms with van der Waals surface area (Å²) in [5, 5.41) is 31.0. The molecule has 0 saturated carbocycles. The molecule has 0 aliphatic carbocycles. The zero-order chi connectivity index (χ0) is 18.7. The number of hydrogen-bond acceptors (Lipinski definition) is 8. The number of β-lactam (4-membered cyclic amide) rings is 1. The number of carboxylic acids is 2. The Balaban J connectivity index is 0.00000338. The van der Waals surface area contributed by atoms with Gasteiger partial charge in [-0.15, -0.1) is 11.8 Å². The van der Waals surface area contributed by atoms with Crippen molar-refractivity contribution in [2.45, 2.75) is 36.7 Å². The van der Waals surface area contributed by atoms with Gasteiger partial charge in [0.25, 0.3) is 5.91 Å². The smallest absolute Gasteiger partial charge is 0.543 e. The van der Waals surface area contributed by atoms with Gasteiger partial charge in [0.2, 0.25) is 5.91 Å². The number of aliphatic hydroxyl groups is 1. The van der Waals surface area contributed by atoms with Crippen molar-refractivity contribution in [3.63, 3.8) is 0 Å². The number of nitrogens with two attached hydrogens (primary N) is 1. The third kappa shape index (κ3) is 4.78. The van der Waals surface area contributed by atoms with Crippen LogP contribution < -0.4 is 45.7 Å². The topological polar surface area (TPSA) is 173 Å². The third-order valence-corrected chi connectivity index (χ3v) is 5.32. The molecule has 0 spiro atoms. The maximum absolute atomic E-state index is 12.2. The quantitative estimate of drug-likeness (QED) is 0.230. The van der Waals surface area contributed by atoms with E-state index in [1.807, 2.05) is 0 Å². The van der Waals surface area contributed by atoms with Crippen LogP contribution in [0, 0.1) is 0 Å². The summed E-state index contributed by atoms with van der Waals surface area (Å²) < 4.78 is 0. The second-order valence-corrected chi connectivity index (χ2v) is 6.79. The van der Waals surface area contributed by atoms with Crippen molar-refractivity contribution in [2.24, 2.45) is 5.73 Å². The Hall–Kier alpha value is -1.11. The number of amides is 2. The van der Waals surface area contributed by atoms with E-state index in [1.165, 1.54) is 11.8 Å². The Morgan fingerprint density at radius 3 is 2.62 bits per heavy atom. The van der Waals surface area contributed by atoms with Crippen LogP contribution in [0.25, 0.3) is 0 Å². The maximum Gasteiger partial charge on any atom is 1.00 e. The van der Waals surface area contributed by atoms with Gasteiger partial charge in [0.15, 0.2) is 0 Å². The Labute approximate surface area is 175 Å². The molecule has 0 radical (unpaired) electrons. The molecular formula is C14H18N3NaO7S. The van der Waals surface area contributed by atoms with Crippen LogP contribution in [0.3, 0.4) is 0 Å². The van der Waals surface area contributed by atoms with E-state index in [0.29, 0.717) is 0 Å². The first-order valence-corrected chi connectivity index (χ1v) is 8.59. The van der Waals surface area contributed by atoms with E-state index in [2.05, 4.69) is 5.32 Å². The van der Waals surface area contributed by atoms with Crippen molar-refractivity contribution >= 4 is 35.5 Å². The molecule has 2 aliphatic rings. The van der Waals surface area contributed by atoms with Gasteiger partial charge in [-0.25, -0.2) is 0 Å². The molecule has 2 heterocycles. The predicted octanol–water partition coefficient (Wildman–Crippen LogP) is -6.03. The summed E-state index contributed by atoms with van der Waals surface area (Å²) in [7, 11) is 0. The first-order valence-electron chi connectivity index (χ1n) is 7.54. The van der Waals surface area contributed by atoms with Gasteiger partial charge in [0.1, 0.15) is 17.5 Å². The molecule has 0 aromatic carbocycles. The molecule has 2 amide bonds. The largest absolute Gasteiger partial charge is 1.00 e. The molecule has 2 rings (SSSR count). The van der Waals surface area contributed by atoms with Gasteiger partial charge in [-0.05, 0) is 18.4 Å². The summed E-state index contributed by atoms with van der Waals surface area (Å²) in [5.41, 5.74) is 5.20. The van der Waals surface area contributed by atoms with Gasteiger partial charge in [-0.2, -0.15) is 0 Å². The molecule has 1 saturated heterocycles. The number of nitrogens with zero attached hydrogens (tertiary/aromatic N) is 1. The fourth-order valence-electron chi connectivity index (χ4n) is 2.64. The standard InChI is InChI=1S/C14H19N3O7S.Na/c15-7(13(21)22)2-1-3-8(19)16-9-11(20)17-10(14(23)24)6(4-18)5-25-12(9)17;/h7,9,12,18H,1-5,15H2,(H,16,19)(H,21,22)(H,23,24);/q;+1/p-1/t7?,9?,12-;/m1./s1. The summed E-state index contributed by atoms with van der Waals surface area (Å²) in [4.78, 5) is 46.9. The van der Waals surface area contributed by atoms with E-state index in [9.17, 15) is 29.4 Å². The SMILES string of the molecule is NC(CCCC(=O)NC1C(=O)N2C(C(=O)[O-])=C(CO)CS[C@H]12)C(=O)O.[Na+]. The van der Waals surface area contributed by atoms with Gasteiger partial charge in [-0.3, -0.25) is 19.3 Å². The van der Waals surface area contributed by atoms with Crippen molar-refractivity contribution in [2.75, 3.05) is 12.4 Å². The maximum atomic E-state index is 12.2. The van der Waals surface area contributed by atoms with Crippen molar-refractivity contribution < 1.29 is 64.1 Å². The third-order valence-electron chi connectivity index (χ3n) is 3.98. The number of carboxylic acid groups (broad SMARTS) is 2. The second kappa shape index (κ2) is 9.72. The molecule has 0 aromatic heterocycles. The summed E-state index contributed by atoms with van der Waals surface area (Å²) in [5.74, 6) is -3.50. The number of carbonyl (C=O) groups is 4. The normalized spacial score (nSPS) is 22.7. The molecular weight excluding hydrogens is 377 g/mol. The van der Waals surface area contributed by atoms with Crippen LogP contribution in [0.15, 0.2) is 11.3 Å². The molecule has 138 valence electrons. The Kier molecular flexibility index (Phi) is 8.57. The minimum atomic E-state index is -1.55. The minimum Gasteiger partial charge on any atom is -0.543 e. The fourth-order valence-corrected chi connectivity index (χ4v) is 3.98. The van der Waals surface area contributed by atoms with E-state index >= 15 is 0 Å². The molecule has 5 N–H and O–H groups in total. The second-order valence-electron chi connectivity index (χ2n) is 5.69. The number of rotatable bonds is 8. The molecule has 26 heavy (non-hydrogen) atoms. The van der Waals surface area contributed by atoms with Crippen molar-refractivity contribution in [1.82, 2.24) is 10.2 Å². The summed E-state index contributed by atoms with van der Waals surface area (Å²) in [6.07, 6.45) is 0.386. The molecule has 1 fully saturated rings. The molecule has 10 nitrogen and oxygen atoms in total. The summed E-state index contributed by atoms with van der Waals surface area (Å²) in [6.45, 7) is -0.492. The van der Waals surface area contributed by atoms with E-state index in [-0.39, 0.29) is 65.8 Å². The Morgan fingerprint density at radius 2 is 2.08 bits per heavy atom. The molecule has 3 atom stereocenters. The Morgan fingerprint density at radius 1 is 1.42 bits per heavy atom. The number of aliphatic carboxylic acids is 2. The fraction of sp³-hybridized carbons (Fsp3) is 0.571. The van der Waals surface area contributed by atoms with Crippen LogP contribution in [0.5, 0.6) is 0 Å². The number of fused-ring (bicyclic) bond motifs is 1. The van der Waals surface area contributed by atoms with Crippen molar-refractivity contribution in [1.29, 1.82) is 0 Å². The van der Waals surface area contributed by atoms with Crippen LogP contribution in [0.2, 0.25) is 0 Å². The summed E-state index contributed by atoms with van der Waals surface area (Å²) in [6, 6.07) is -1.91. The summed E-state index contributed by atoms with van der Waals surface area (Å²) >= 11 is 1.24. The number of thioether (sulfide) groups is 1. The zero-order valence-electron chi connectivity index (χ0n) is 14.1. The molecule has 2 unspecified atom stereocenters. The van der Waals surface area contributed by atoms with Crippen LogP contribution in [0.1, 0.15) is 19.3 Å². The molecule has 0 aromatic rings. The number of nitrogens with one attached hydrogen (secondary N) is 1. The Bertz CT molecular complexity index is 642. The van der Waals surface area contributed by atoms with Gasteiger partial charge >= 0.3 is 35.5 Å². The number of carbonyl (C=O) groups excluding carboxylic acids is 3. The van der Waals surface area contributed by atoms with Crippen LogP contribution >= 0.6 is 11.8 Å². The first-order chi connectivity index (χ1) is 11.8. The van der Waals surface area contributed by atoms with E-state index in [1.54, 1.807) is 0 Å². The van der Waals surface area contributed by atoms with Crippen LogP contribution in [-0.4, -0.2) is 68.7 Å². The van der Waals surface area contributed by atoms with Crippen LogP contribution in [-0.2, 0) is 19.2 Å². The zero-order valence-corrected chi connectivity index (χ0v) is 17.0. The minimum absolute atomic E-state index is 0. The first kappa shape index (κ1) is 22.9. The van der Waals surface area contributed by atoms with Crippen LogP contribution in [0.4, 0.5) is 0 Å². The average molecular weight is 395 g/mol. The van der Waals surface area contributed by atoms with Gasteiger partial charge in [0.05, 0.1) is 18.3 Å².